The lowest BCUT2D eigenvalue weighted by Gasteiger charge is -2.12. The average Bonchev–Trinajstić information content (AvgIpc) is 2.76. The topological polar surface area (TPSA) is 134 Å². The molecule has 160 valence electrons. The van der Waals surface area contributed by atoms with Gasteiger partial charge < -0.3 is 10.6 Å². The van der Waals surface area contributed by atoms with Crippen molar-refractivity contribution in [1.29, 1.82) is 5.26 Å². The van der Waals surface area contributed by atoms with E-state index >= 15 is 0 Å². The van der Waals surface area contributed by atoms with E-state index in [-0.39, 0.29) is 10.8 Å². The Hall–Kier alpha value is -3.71. The van der Waals surface area contributed by atoms with Crippen LogP contribution in [0, 0.1) is 18.3 Å². The minimum absolute atomic E-state index is 0.0190. The molecule has 0 atom stereocenters. The van der Waals surface area contributed by atoms with Crippen molar-refractivity contribution in [2.75, 3.05) is 10.6 Å². The molecule has 0 bridgehead atoms. The summed E-state index contributed by atoms with van der Waals surface area (Å²) in [5.74, 6) is 0.594. The molecule has 3 aromatic carbocycles. The second-order valence-electron chi connectivity index (χ2n) is 7.05. The van der Waals surface area contributed by atoms with Crippen LogP contribution in [-0.2, 0) is 10.0 Å². The number of fused-ring (bicyclic) bond motifs is 1. The molecule has 0 unspecified atom stereocenters. The number of aryl methyl sites for hydroxylation is 1. The SMILES string of the molecule is Cc1ccc(Nc2ncc(Cl)c(Nc3ccc4cc(C#N)ccc4c3)n2)cc1S(N)(=O)=O. The number of hydrogen-bond donors (Lipinski definition) is 3. The minimum atomic E-state index is -3.86. The number of sulfonamides is 1. The maximum Gasteiger partial charge on any atom is 0.238 e. The van der Waals surface area contributed by atoms with Gasteiger partial charge in [-0.15, -0.1) is 0 Å². The van der Waals surface area contributed by atoms with Crippen LogP contribution in [0.15, 0.2) is 65.7 Å². The maximum absolute atomic E-state index is 11.8. The highest BCUT2D eigenvalue weighted by Gasteiger charge is 2.13. The van der Waals surface area contributed by atoms with E-state index in [1.54, 1.807) is 25.1 Å². The molecule has 4 aromatic rings. The van der Waals surface area contributed by atoms with Crippen molar-refractivity contribution in [1.82, 2.24) is 9.97 Å². The number of primary sulfonamides is 1. The van der Waals surface area contributed by atoms with Crippen molar-refractivity contribution in [3.05, 3.63) is 76.9 Å². The van der Waals surface area contributed by atoms with Crippen LogP contribution in [0.1, 0.15) is 11.1 Å². The molecule has 4 N–H and O–H groups in total. The highest BCUT2D eigenvalue weighted by atomic mass is 35.5. The molecule has 1 aromatic heterocycles. The standard InChI is InChI=1S/C22H17ClN6O2S/c1-13-2-6-18(10-20(13)32(25,30)31)28-22-26-12-19(23)21(29-22)27-17-7-5-15-8-14(11-24)3-4-16(15)9-17/h2-10,12H,1H3,(H2,25,30,31)(H2,26,27,28,29). The Kier molecular flexibility index (Phi) is 5.67. The molecule has 0 spiro atoms. The van der Waals surface area contributed by atoms with Crippen LogP contribution in [-0.4, -0.2) is 18.4 Å². The number of halogens is 1. The lowest BCUT2D eigenvalue weighted by molar-refractivity contribution is 0.597. The maximum atomic E-state index is 11.8. The van der Waals surface area contributed by atoms with E-state index in [1.165, 1.54) is 12.3 Å². The third-order valence-electron chi connectivity index (χ3n) is 4.73. The first kappa shape index (κ1) is 21.5. The highest BCUT2D eigenvalue weighted by molar-refractivity contribution is 7.89. The number of aromatic nitrogens is 2. The second-order valence-corrected chi connectivity index (χ2v) is 8.99. The molecule has 0 aliphatic rings. The van der Waals surface area contributed by atoms with Gasteiger partial charge in [0.15, 0.2) is 5.82 Å². The van der Waals surface area contributed by atoms with Gasteiger partial charge in [0.2, 0.25) is 16.0 Å². The van der Waals surface area contributed by atoms with E-state index in [4.69, 9.17) is 22.0 Å². The zero-order valence-electron chi connectivity index (χ0n) is 16.8. The number of nitriles is 1. The normalized spacial score (nSPS) is 11.2. The van der Waals surface area contributed by atoms with Gasteiger partial charge in [-0.05, 0) is 59.7 Å². The van der Waals surface area contributed by atoms with Crippen molar-refractivity contribution in [3.8, 4) is 6.07 Å². The molecule has 10 heteroatoms. The summed E-state index contributed by atoms with van der Waals surface area (Å²) >= 11 is 6.27. The van der Waals surface area contributed by atoms with Crippen molar-refractivity contribution in [2.45, 2.75) is 11.8 Å². The van der Waals surface area contributed by atoms with Gasteiger partial charge >= 0.3 is 0 Å². The number of nitrogens with zero attached hydrogens (tertiary/aromatic N) is 3. The molecule has 1 heterocycles. The summed E-state index contributed by atoms with van der Waals surface area (Å²) in [4.78, 5) is 8.57. The summed E-state index contributed by atoms with van der Waals surface area (Å²) in [6.07, 6.45) is 1.44. The molecule has 0 fully saturated rings. The van der Waals surface area contributed by atoms with Gasteiger partial charge in [-0.3, -0.25) is 0 Å². The highest BCUT2D eigenvalue weighted by Crippen LogP contribution is 2.28. The third kappa shape index (κ3) is 4.63. The Labute approximate surface area is 189 Å². The first-order valence-corrected chi connectivity index (χ1v) is 11.3. The zero-order valence-corrected chi connectivity index (χ0v) is 18.4. The summed E-state index contributed by atoms with van der Waals surface area (Å²) in [5.41, 5.74) is 2.34. The Balaban J connectivity index is 1.61. The fraction of sp³-hybridized carbons (Fsp3) is 0.0455. The Bertz CT molecular complexity index is 1500. The molecule has 8 nitrogen and oxygen atoms in total. The molecule has 32 heavy (non-hydrogen) atoms. The summed E-state index contributed by atoms with van der Waals surface area (Å²) in [6.45, 7) is 1.66. The molecular formula is C22H17ClN6O2S. The first-order valence-electron chi connectivity index (χ1n) is 9.37. The van der Waals surface area contributed by atoms with Crippen LogP contribution >= 0.6 is 11.6 Å². The molecule has 4 rings (SSSR count). The largest absolute Gasteiger partial charge is 0.339 e. The summed E-state index contributed by atoms with van der Waals surface area (Å²) in [7, 11) is -3.86. The van der Waals surface area contributed by atoms with E-state index in [1.807, 2.05) is 30.3 Å². The van der Waals surface area contributed by atoms with Crippen molar-refractivity contribution in [2.24, 2.45) is 5.14 Å². The molecule has 0 saturated carbocycles. The Morgan fingerprint density at radius 3 is 2.44 bits per heavy atom. The van der Waals surface area contributed by atoms with Crippen LogP contribution in [0.2, 0.25) is 5.02 Å². The first-order chi connectivity index (χ1) is 15.2. The van der Waals surface area contributed by atoms with Gasteiger partial charge in [0.05, 0.1) is 22.7 Å². The number of nitrogens with two attached hydrogens (primary N) is 1. The van der Waals surface area contributed by atoms with Gasteiger partial charge in [0.1, 0.15) is 5.02 Å². The van der Waals surface area contributed by atoms with Gasteiger partial charge in [0.25, 0.3) is 0 Å². The zero-order chi connectivity index (χ0) is 22.9. The number of anilines is 4. The van der Waals surface area contributed by atoms with Crippen molar-refractivity contribution < 1.29 is 8.42 Å². The van der Waals surface area contributed by atoms with Crippen molar-refractivity contribution >= 4 is 55.5 Å². The predicted molar refractivity (Wildman–Crippen MR) is 125 cm³/mol. The number of benzene rings is 3. The van der Waals surface area contributed by atoms with Crippen LogP contribution in [0.3, 0.4) is 0 Å². The molecule has 0 saturated heterocycles. The monoisotopic (exact) mass is 464 g/mol. The van der Waals surface area contributed by atoms with Crippen LogP contribution < -0.4 is 15.8 Å². The van der Waals surface area contributed by atoms with E-state index < -0.39 is 10.0 Å². The number of nitrogens with one attached hydrogen (secondary N) is 2. The molecule has 0 aliphatic carbocycles. The molecular weight excluding hydrogens is 448 g/mol. The molecule has 0 aliphatic heterocycles. The number of rotatable bonds is 5. The molecule has 0 radical (unpaired) electrons. The van der Waals surface area contributed by atoms with Gasteiger partial charge in [-0.1, -0.05) is 29.8 Å². The molecule has 0 amide bonds. The van der Waals surface area contributed by atoms with Crippen LogP contribution in [0.4, 0.5) is 23.1 Å². The van der Waals surface area contributed by atoms with E-state index in [0.717, 1.165) is 16.5 Å². The summed E-state index contributed by atoms with van der Waals surface area (Å²) in [5, 5.41) is 22.6. The van der Waals surface area contributed by atoms with Gasteiger partial charge in [-0.25, -0.2) is 18.5 Å². The minimum Gasteiger partial charge on any atom is -0.339 e. The average molecular weight is 465 g/mol. The van der Waals surface area contributed by atoms with E-state index in [2.05, 4.69) is 26.7 Å². The predicted octanol–water partition coefficient (Wildman–Crippen LogP) is 4.60. The van der Waals surface area contributed by atoms with Gasteiger partial charge in [-0.2, -0.15) is 10.2 Å². The third-order valence-corrected chi connectivity index (χ3v) is 6.06. The van der Waals surface area contributed by atoms with Crippen molar-refractivity contribution in [3.63, 3.8) is 0 Å². The van der Waals surface area contributed by atoms with Crippen LogP contribution in [0.25, 0.3) is 10.8 Å². The van der Waals surface area contributed by atoms with E-state index in [9.17, 15) is 8.42 Å². The fourth-order valence-corrected chi connectivity index (χ4v) is 4.10. The summed E-state index contributed by atoms with van der Waals surface area (Å²) < 4.78 is 23.5. The smallest absolute Gasteiger partial charge is 0.238 e. The van der Waals surface area contributed by atoms with E-state index in [0.29, 0.717) is 27.7 Å². The lowest BCUT2D eigenvalue weighted by atomic mass is 10.1. The lowest BCUT2D eigenvalue weighted by Crippen LogP contribution is -2.14. The van der Waals surface area contributed by atoms with Crippen LogP contribution in [0.5, 0.6) is 0 Å². The second kappa shape index (κ2) is 8.43. The Morgan fingerprint density at radius 2 is 1.69 bits per heavy atom. The van der Waals surface area contributed by atoms with Gasteiger partial charge in [0, 0.05) is 11.4 Å². The summed E-state index contributed by atoms with van der Waals surface area (Å²) in [6, 6.07) is 18.0. The number of hydrogen-bond acceptors (Lipinski definition) is 7. The quantitative estimate of drug-likeness (QED) is 0.393. The fourth-order valence-electron chi connectivity index (χ4n) is 3.16. The Morgan fingerprint density at radius 1 is 1.00 bits per heavy atom.